The summed E-state index contributed by atoms with van der Waals surface area (Å²) in [7, 11) is 1.58. The highest BCUT2D eigenvalue weighted by Gasteiger charge is 2.15. The van der Waals surface area contributed by atoms with Crippen LogP contribution < -0.4 is 0 Å². The molecule has 1 aromatic heterocycles. The van der Waals surface area contributed by atoms with Gasteiger partial charge in [-0.15, -0.1) is 0 Å². The van der Waals surface area contributed by atoms with Gasteiger partial charge in [-0.3, -0.25) is 14.9 Å². The molecule has 0 aliphatic rings. The Bertz CT molecular complexity index is 1050. The molecule has 3 aromatic rings. The van der Waals surface area contributed by atoms with E-state index < -0.39 is 4.92 Å². The van der Waals surface area contributed by atoms with E-state index in [9.17, 15) is 14.9 Å². The molecule has 9 heteroatoms. The van der Waals surface area contributed by atoms with E-state index in [-0.39, 0.29) is 17.4 Å². The number of non-ortho nitro benzene ring substituents is 1. The van der Waals surface area contributed by atoms with Gasteiger partial charge in [-0.1, -0.05) is 47.6 Å². The van der Waals surface area contributed by atoms with E-state index in [1.54, 1.807) is 30.2 Å². The number of hydrogen-bond donors (Lipinski definition) is 0. The minimum absolute atomic E-state index is 0.0506. The van der Waals surface area contributed by atoms with Crippen LogP contribution in [0, 0.1) is 10.1 Å². The van der Waals surface area contributed by atoms with Crippen LogP contribution in [-0.2, 0) is 16.0 Å². The highest BCUT2D eigenvalue weighted by Crippen LogP contribution is 2.21. The summed E-state index contributed by atoms with van der Waals surface area (Å²) in [6, 6.07) is 15.6. The fourth-order valence-corrected chi connectivity index (χ4v) is 2.83. The van der Waals surface area contributed by atoms with Crippen molar-refractivity contribution in [1.29, 1.82) is 0 Å². The van der Waals surface area contributed by atoms with Crippen molar-refractivity contribution >= 4 is 17.7 Å². The molecule has 1 heterocycles. The Kier molecular flexibility index (Phi) is 7.61. The highest BCUT2D eigenvalue weighted by atomic mass is 16.6. The van der Waals surface area contributed by atoms with E-state index in [1.807, 2.05) is 30.3 Å². The van der Waals surface area contributed by atoms with Gasteiger partial charge in [0.1, 0.15) is 0 Å². The first kappa shape index (κ1) is 21.8. The van der Waals surface area contributed by atoms with Crippen LogP contribution >= 0.6 is 0 Å². The molecule has 0 unspecified atom stereocenters. The fourth-order valence-electron chi connectivity index (χ4n) is 2.83. The van der Waals surface area contributed by atoms with Gasteiger partial charge < -0.3 is 14.2 Å². The fraction of sp³-hybridized carbons (Fsp3) is 0.227. The van der Waals surface area contributed by atoms with Crippen molar-refractivity contribution in [2.75, 3.05) is 26.8 Å². The van der Waals surface area contributed by atoms with E-state index in [2.05, 4.69) is 10.1 Å². The zero-order valence-corrected chi connectivity index (χ0v) is 17.0. The van der Waals surface area contributed by atoms with Crippen LogP contribution in [0.1, 0.15) is 11.5 Å². The van der Waals surface area contributed by atoms with Gasteiger partial charge in [-0.25, -0.2) is 0 Å². The van der Waals surface area contributed by atoms with Gasteiger partial charge in [0.25, 0.3) is 5.69 Å². The molecule has 3 rings (SSSR count). The Morgan fingerprint density at radius 3 is 2.74 bits per heavy atom. The van der Waals surface area contributed by atoms with Crippen LogP contribution in [-0.4, -0.2) is 52.7 Å². The molecule has 0 saturated heterocycles. The van der Waals surface area contributed by atoms with Crippen LogP contribution in [0.2, 0.25) is 0 Å². The molecule has 2 aromatic carbocycles. The van der Waals surface area contributed by atoms with E-state index in [1.165, 1.54) is 18.2 Å². The van der Waals surface area contributed by atoms with Crippen molar-refractivity contribution in [2.45, 2.75) is 6.42 Å². The molecule has 0 spiro atoms. The maximum Gasteiger partial charge on any atom is 0.270 e. The standard InChI is InChI=1S/C22H22N4O5/c1-30-15-14-25(21(27)11-10-17-6-3-2-4-7-17)13-12-20-23-22(24-31-20)18-8-5-9-19(16-18)26(28)29/h2-11,16H,12-15H2,1H3/b11-10+. The number of amides is 1. The molecule has 0 aliphatic heterocycles. The van der Waals surface area contributed by atoms with Gasteiger partial charge in [-0.2, -0.15) is 4.98 Å². The first-order valence-electron chi connectivity index (χ1n) is 9.65. The van der Waals surface area contributed by atoms with Crippen molar-refractivity contribution in [3.8, 4) is 11.4 Å². The third-order valence-corrected chi connectivity index (χ3v) is 4.47. The number of nitro groups is 1. The zero-order valence-electron chi connectivity index (χ0n) is 17.0. The number of benzene rings is 2. The Balaban J connectivity index is 1.65. The minimum atomic E-state index is -0.479. The summed E-state index contributed by atoms with van der Waals surface area (Å²) < 4.78 is 10.4. The third kappa shape index (κ3) is 6.31. The van der Waals surface area contributed by atoms with Crippen LogP contribution in [0.15, 0.2) is 65.2 Å². The quantitative estimate of drug-likeness (QED) is 0.280. The molecule has 9 nitrogen and oxygen atoms in total. The topological polar surface area (TPSA) is 112 Å². The van der Waals surface area contributed by atoms with Gasteiger partial charge >= 0.3 is 0 Å². The lowest BCUT2D eigenvalue weighted by Gasteiger charge is -2.20. The monoisotopic (exact) mass is 422 g/mol. The van der Waals surface area contributed by atoms with Crippen molar-refractivity contribution in [1.82, 2.24) is 15.0 Å². The first-order chi connectivity index (χ1) is 15.1. The van der Waals surface area contributed by atoms with Crippen LogP contribution in [0.5, 0.6) is 0 Å². The van der Waals surface area contributed by atoms with Gasteiger partial charge in [0.05, 0.1) is 11.5 Å². The number of hydrogen-bond acceptors (Lipinski definition) is 7. The SMILES string of the molecule is COCCN(CCc1nc(-c2cccc([N+](=O)[O-])c2)no1)C(=O)/C=C/c1ccccc1. The molecule has 31 heavy (non-hydrogen) atoms. The number of carbonyl (C=O) groups excluding carboxylic acids is 1. The number of nitrogens with zero attached hydrogens (tertiary/aromatic N) is 4. The van der Waals surface area contributed by atoms with Crippen LogP contribution in [0.25, 0.3) is 17.5 Å². The molecular weight excluding hydrogens is 400 g/mol. The number of carbonyl (C=O) groups is 1. The second-order valence-corrected chi connectivity index (χ2v) is 6.63. The lowest BCUT2D eigenvalue weighted by molar-refractivity contribution is -0.384. The summed E-state index contributed by atoms with van der Waals surface area (Å²) in [6.07, 6.45) is 3.62. The first-order valence-corrected chi connectivity index (χ1v) is 9.65. The molecule has 0 bridgehead atoms. The zero-order chi connectivity index (χ0) is 22.1. The number of aromatic nitrogens is 2. The predicted molar refractivity (Wildman–Crippen MR) is 114 cm³/mol. The van der Waals surface area contributed by atoms with Gasteiger partial charge in [0.15, 0.2) is 0 Å². The maximum absolute atomic E-state index is 12.6. The smallest absolute Gasteiger partial charge is 0.270 e. The molecule has 0 fully saturated rings. The predicted octanol–water partition coefficient (Wildman–Crippen LogP) is 3.38. The van der Waals surface area contributed by atoms with Gasteiger partial charge in [-0.05, 0) is 11.6 Å². The van der Waals surface area contributed by atoms with Gasteiger partial charge in [0.2, 0.25) is 17.6 Å². The van der Waals surface area contributed by atoms with E-state index in [4.69, 9.17) is 9.26 Å². The molecule has 0 aliphatic carbocycles. The molecule has 0 N–H and O–H groups in total. The number of ether oxygens (including phenoxy) is 1. The third-order valence-electron chi connectivity index (χ3n) is 4.47. The Hall–Kier alpha value is -3.85. The average molecular weight is 422 g/mol. The van der Waals surface area contributed by atoms with E-state index in [0.717, 1.165) is 5.56 Å². The number of methoxy groups -OCH3 is 1. The lowest BCUT2D eigenvalue weighted by atomic mass is 10.2. The molecule has 1 amide bonds. The Labute approximate surface area is 179 Å². The lowest BCUT2D eigenvalue weighted by Crippen LogP contribution is -2.34. The molecule has 0 radical (unpaired) electrons. The van der Waals surface area contributed by atoms with Crippen molar-refractivity contribution in [2.24, 2.45) is 0 Å². The second kappa shape index (κ2) is 10.8. The number of nitro benzene ring substituents is 1. The van der Waals surface area contributed by atoms with Crippen molar-refractivity contribution < 1.29 is 19.0 Å². The largest absolute Gasteiger partial charge is 0.383 e. The molecule has 0 atom stereocenters. The highest BCUT2D eigenvalue weighted by molar-refractivity contribution is 5.91. The number of rotatable bonds is 10. The van der Waals surface area contributed by atoms with Crippen molar-refractivity contribution in [3.05, 3.63) is 82.2 Å². The van der Waals surface area contributed by atoms with Gasteiger partial charge in [0, 0.05) is 50.4 Å². The normalized spacial score (nSPS) is 11.0. The maximum atomic E-state index is 12.6. The van der Waals surface area contributed by atoms with Crippen LogP contribution in [0.4, 0.5) is 5.69 Å². The Morgan fingerprint density at radius 2 is 2.00 bits per heavy atom. The minimum Gasteiger partial charge on any atom is -0.383 e. The summed E-state index contributed by atoms with van der Waals surface area (Å²) in [5.74, 6) is 0.445. The summed E-state index contributed by atoms with van der Waals surface area (Å²) >= 11 is 0. The Morgan fingerprint density at radius 1 is 1.19 bits per heavy atom. The van der Waals surface area contributed by atoms with Crippen molar-refractivity contribution in [3.63, 3.8) is 0 Å². The van der Waals surface area contributed by atoms with Crippen LogP contribution in [0.3, 0.4) is 0 Å². The summed E-state index contributed by atoms with van der Waals surface area (Å²) in [6.45, 7) is 1.17. The molecule has 0 saturated carbocycles. The second-order valence-electron chi connectivity index (χ2n) is 6.63. The van der Waals surface area contributed by atoms with E-state index >= 15 is 0 Å². The van der Waals surface area contributed by atoms with E-state index in [0.29, 0.717) is 37.6 Å². The summed E-state index contributed by atoms with van der Waals surface area (Å²) in [4.78, 5) is 29.0. The average Bonchev–Trinajstić information content (AvgIpc) is 3.27. The molecular formula is C22H22N4O5. The molecule has 160 valence electrons. The summed E-state index contributed by atoms with van der Waals surface area (Å²) in [5.41, 5.74) is 1.37. The summed E-state index contributed by atoms with van der Waals surface area (Å²) in [5, 5.41) is 14.8.